The summed E-state index contributed by atoms with van der Waals surface area (Å²) in [5, 5.41) is 9.88. The van der Waals surface area contributed by atoms with E-state index in [1.807, 2.05) is 0 Å². The third kappa shape index (κ3) is 3.11. The van der Waals surface area contributed by atoms with Crippen molar-refractivity contribution in [3.63, 3.8) is 0 Å². The molecule has 20 heavy (non-hydrogen) atoms. The molecule has 0 atom stereocenters. The van der Waals surface area contributed by atoms with Crippen LogP contribution in [0.3, 0.4) is 0 Å². The maximum absolute atomic E-state index is 12.4. The molecule has 0 bridgehead atoms. The average molecular weight is 276 g/mol. The zero-order chi connectivity index (χ0) is 14.5. The van der Waals surface area contributed by atoms with Crippen LogP contribution < -0.4 is 5.73 Å². The van der Waals surface area contributed by atoms with Crippen LogP contribution in [0, 0.1) is 0 Å². The number of hydrogen-bond acceptors (Lipinski definition) is 4. The number of unbranched alkanes of at least 4 members (excludes halogenated alkanes) is 1. The van der Waals surface area contributed by atoms with E-state index in [2.05, 4.69) is 6.92 Å². The molecule has 1 aromatic heterocycles. The highest BCUT2D eigenvalue weighted by Gasteiger charge is 2.19. The highest BCUT2D eigenvalue weighted by molar-refractivity contribution is 5.96. The smallest absolute Gasteiger partial charge is 0.289 e. The van der Waals surface area contributed by atoms with Gasteiger partial charge in [0.05, 0.1) is 6.61 Å². The van der Waals surface area contributed by atoms with Crippen molar-refractivity contribution in [3.05, 3.63) is 30.0 Å². The Hall–Kier alpha value is -2.01. The molecule has 0 fully saturated rings. The van der Waals surface area contributed by atoms with Crippen LogP contribution in [0.1, 0.15) is 30.3 Å². The fourth-order valence-electron chi connectivity index (χ4n) is 2.11. The quantitative estimate of drug-likeness (QED) is 0.793. The van der Waals surface area contributed by atoms with E-state index in [0.717, 1.165) is 18.2 Å². The number of carbonyl (C=O) groups excluding carboxylic acids is 1. The first-order chi connectivity index (χ1) is 9.65. The molecule has 0 aliphatic rings. The first-order valence-corrected chi connectivity index (χ1v) is 6.85. The van der Waals surface area contributed by atoms with Gasteiger partial charge in [0.25, 0.3) is 5.91 Å². The molecule has 0 saturated heterocycles. The molecule has 1 aromatic carbocycles. The molecule has 0 radical (unpaired) electrons. The summed E-state index contributed by atoms with van der Waals surface area (Å²) in [6.45, 7) is 2.95. The third-order valence-corrected chi connectivity index (χ3v) is 3.19. The van der Waals surface area contributed by atoms with Gasteiger partial charge >= 0.3 is 0 Å². The minimum Gasteiger partial charge on any atom is -0.451 e. The van der Waals surface area contributed by atoms with Crippen molar-refractivity contribution in [3.8, 4) is 0 Å². The van der Waals surface area contributed by atoms with Crippen molar-refractivity contribution in [1.82, 2.24) is 4.90 Å². The van der Waals surface area contributed by atoms with Crippen LogP contribution in [0.15, 0.2) is 28.7 Å². The number of rotatable bonds is 6. The van der Waals surface area contributed by atoms with Gasteiger partial charge in [0.2, 0.25) is 0 Å². The molecular formula is C15H20N2O3. The van der Waals surface area contributed by atoms with Crippen LogP contribution in [-0.4, -0.2) is 35.6 Å². The summed E-state index contributed by atoms with van der Waals surface area (Å²) in [6, 6.07) is 6.97. The second kappa shape index (κ2) is 6.43. The minimum absolute atomic E-state index is 0.0529. The normalized spacial score (nSPS) is 10.9. The van der Waals surface area contributed by atoms with Crippen molar-refractivity contribution in [1.29, 1.82) is 0 Å². The number of amides is 1. The number of fused-ring (bicyclic) bond motifs is 1. The highest BCUT2D eigenvalue weighted by atomic mass is 16.3. The third-order valence-electron chi connectivity index (χ3n) is 3.19. The van der Waals surface area contributed by atoms with Crippen molar-refractivity contribution >= 4 is 22.6 Å². The van der Waals surface area contributed by atoms with E-state index < -0.39 is 0 Å². The zero-order valence-corrected chi connectivity index (χ0v) is 11.6. The number of aliphatic hydroxyl groups is 1. The number of nitrogens with two attached hydrogens (primary N) is 1. The van der Waals surface area contributed by atoms with E-state index in [0.29, 0.717) is 24.4 Å². The molecular weight excluding hydrogens is 256 g/mol. The Morgan fingerprint density at radius 1 is 1.35 bits per heavy atom. The molecule has 1 heterocycles. The van der Waals surface area contributed by atoms with E-state index in [9.17, 15) is 4.79 Å². The van der Waals surface area contributed by atoms with Gasteiger partial charge in [0.1, 0.15) is 5.58 Å². The van der Waals surface area contributed by atoms with E-state index in [-0.39, 0.29) is 18.3 Å². The Bertz CT molecular complexity index is 592. The lowest BCUT2D eigenvalue weighted by Gasteiger charge is -2.20. The van der Waals surface area contributed by atoms with Crippen molar-refractivity contribution in [2.45, 2.75) is 19.8 Å². The van der Waals surface area contributed by atoms with Gasteiger partial charge in [-0.15, -0.1) is 0 Å². The van der Waals surface area contributed by atoms with E-state index in [1.54, 1.807) is 29.2 Å². The number of hydrogen-bond donors (Lipinski definition) is 2. The first kappa shape index (κ1) is 14.4. The van der Waals surface area contributed by atoms with Crippen LogP contribution in [0.25, 0.3) is 11.0 Å². The van der Waals surface area contributed by atoms with Gasteiger partial charge in [-0.05, 0) is 30.7 Å². The number of nitrogen functional groups attached to an aromatic ring is 1. The van der Waals surface area contributed by atoms with Gasteiger partial charge in [-0.25, -0.2) is 0 Å². The number of anilines is 1. The summed E-state index contributed by atoms with van der Waals surface area (Å²) in [5.41, 5.74) is 6.99. The lowest BCUT2D eigenvalue weighted by atomic mass is 10.2. The van der Waals surface area contributed by atoms with E-state index in [1.165, 1.54) is 0 Å². The van der Waals surface area contributed by atoms with Gasteiger partial charge < -0.3 is 20.2 Å². The lowest BCUT2D eigenvalue weighted by Crippen LogP contribution is -2.34. The monoisotopic (exact) mass is 276 g/mol. The van der Waals surface area contributed by atoms with E-state index in [4.69, 9.17) is 15.3 Å². The Morgan fingerprint density at radius 2 is 2.15 bits per heavy atom. The van der Waals surface area contributed by atoms with Gasteiger partial charge in [-0.3, -0.25) is 4.79 Å². The number of furan rings is 1. The Balaban J connectivity index is 2.23. The van der Waals surface area contributed by atoms with Crippen molar-refractivity contribution in [2.75, 3.05) is 25.4 Å². The molecule has 5 nitrogen and oxygen atoms in total. The van der Waals surface area contributed by atoms with Gasteiger partial charge in [-0.1, -0.05) is 13.3 Å². The Kier molecular flexibility index (Phi) is 4.63. The summed E-state index contributed by atoms with van der Waals surface area (Å²) >= 11 is 0. The number of nitrogens with zero attached hydrogens (tertiary/aromatic N) is 1. The van der Waals surface area contributed by atoms with Crippen molar-refractivity contribution in [2.24, 2.45) is 0 Å². The highest BCUT2D eigenvalue weighted by Crippen LogP contribution is 2.22. The maximum atomic E-state index is 12.4. The summed E-state index contributed by atoms with van der Waals surface area (Å²) in [4.78, 5) is 14.0. The average Bonchev–Trinajstić information content (AvgIpc) is 2.85. The van der Waals surface area contributed by atoms with Crippen LogP contribution in [0.4, 0.5) is 5.69 Å². The Labute approximate surface area is 118 Å². The largest absolute Gasteiger partial charge is 0.451 e. The van der Waals surface area contributed by atoms with E-state index >= 15 is 0 Å². The lowest BCUT2D eigenvalue weighted by molar-refractivity contribution is 0.0690. The molecule has 1 amide bonds. The molecule has 0 spiro atoms. The van der Waals surface area contributed by atoms with Gasteiger partial charge in [0, 0.05) is 24.2 Å². The summed E-state index contributed by atoms with van der Waals surface area (Å²) < 4.78 is 5.56. The van der Waals surface area contributed by atoms with Gasteiger partial charge in [-0.2, -0.15) is 0 Å². The number of carbonyl (C=O) groups is 1. The maximum Gasteiger partial charge on any atom is 0.289 e. The molecule has 5 heteroatoms. The SMILES string of the molecule is CCCCN(CCO)C(=O)c1cc2cc(N)ccc2o1. The second-order valence-electron chi connectivity index (χ2n) is 4.78. The minimum atomic E-state index is -0.192. The molecule has 0 aliphatic carbocycles. The molecule has 2 rings (SSSR count). The topological polar surface area (TPSA) is 79.7 Å². The zero-order valence-electron chi connectivity index (χ0n) is 11.6. The molecule has 0 saturated carbocycles. The summed E-state index contributed by atoms with van der Waals surface area (Å²) in [5.74, 6) is 0.0948. The second-order valence-corrected chi connectivity index (χ2v) is 4.78. The van der Waals surface area contributed by atoms with Crippen LogP contribution in [0.2, 0.25) is 0 Å². The molecule has 108 valence electrons. The summed E-state index contributed by atoms with van der Waals surface area (Å²) in [6.07, 6.45) is 1.89. The predicted octanol–water partition coefficient (Wildman–Crippen LogP) is 2.25. The van der Waals surface area contributed by atoms with Crippen molar-refractivity contribution < 1.29 is 14.3 Å². The standard InChI is InChI=1S/C15H20N2O3/c1-2-3-6-17(7-8-18)15(19)14-10-11-9-12(16)4-5-13(11)20-14/h4-5,9-10,18H,2-3,6-8,16H2,1H3. The molecule has 0 unspecified atom stereocenters. The summed E-state index contributed by atoms with van der Waals surface area (Å²) in [7, 11) is 0. The molecule has 2 aromatic rings. The predicted molar refractivity (Wildman–Crippen MR) is 78.5 cm³/mol. The number of benzene rings is 1. The molecule has 3 N–H and O–H groups in total. The van der Waals surface area contributed by atoms with Gasteiger partial charge in [0.15, 0.2) is 5.76 Å². The van der Waals surface area contributed by atoms with Crippen LogP contribution >= 0.6 is 0 Å². The molecule has 0 aliphatic heterocycles. The number of aliphatic hydroxyl groups excluding tert-OH is 1. The fourth-order valence-corrected chi connectivity index (χ4v) is 2.11. The Morgan fingerprint density at radius 3 is 2.85 bits per heavy atom. The van der Waals surface area contributed by atoms with Crippen LogP contribution in [0.5, 0.6) is 0 Å². The first-order valence-electron chi connectivity index (χ1n) is 6.85. The van der Waals surface area contributed by atoms with Crippen LogP contribution in [-0.2, 0) is 0 Å². The fraction of sp³-hybridized carbons (Fsp3) is 0.400.